The van der Waals surface area contributed by atoms with Crippen molar-refractivity contribution in [1.82, 2.24) is 19.9 Å². The third kappa shape index (κ3) is 4.99. The number of aromatic amines is 2. The Bertz CT molecular complexity index is 895. The van der Waals surface area contributed by atoms with Gasteiger partial charge in [-0.1, -0.05) is 0 Å². The van der Waals surface area contributed by atoms with Crippen LogP contribution in [0.3, 0.4) is 0 Å². The van der Waals surface area contributed by atoms with E-state index in [1.165, 1.54) is 0 Å². The summed E-state index contributed by atoms with van der Waals surface area (Å²) >= 11 is 3.47. The second kappa shape index (κ2) is 9.83. The number of H-pyrrole nitrogens is 2. The number of hydrogen-bond donors (Lipinski definition) is 4. The molecular formula is C18H24N6O2S2. The van der Waals surface area contributed by atoms with Gasteiger partial charge in [-0.3, -0.25) is 9.59 Å². The summed E-state index contributed by atoms with van der Waals surface area (Å²) in [5.74, 6) is 3.29. The molecule has 10 heteroatoms. The molecule has 0 aliphatic carbocycles. The first-order valence-corrected chi connectivity index (χ1v) is 11.3. The molecule has 0 amide bonds. The molecule has 1 aromatic carbocycles. The van der Waals surface area contributed by atoms with Gasteiger partial charge in [0.1, 0.15) is 11.4 Å². The zero-order valence-electron chi connectivity index (χ0n) is 15.9. The molecule has 0 atom stereocenters. The van der Waals surface area contributed by atoms with Crippen molar-refractivity contribution >= 4 is 34.9 Å². The first kappa shape index (κ1) is 20.5. The molecule has 3 rings (SSSR count). The number of imidazole rings is 2. The van der Waals surface area contributed by atoms with E-state index in [2.05, 4.69) is 30.6 Å². The molecule has 0 saturated heterocycles. The first-order valence-electron chi connectivity index (χ1n) is 9.02. The van der Waals surface area contributed by atoms with Gasteiger partial charge in [0.25, 0.3) is 10.9 Å². The molecule has 0 unspecified atom stereocenters. The van der Waals surface area contributed by atoms with Crippen LogP contribution in [0.5, 0.6) is 0 Å². The summed E-state index contributed by atoms with van der Waals surface area (Å²) in [7, 11) is 0. The quantitative estimate of drug-likeness (QED) is 0.260. The van der Waals surface area contributed by atoms with Gasteiger partial charge >= 0.3 is 0 Å². The maximum Gasteiger partial charge on any atom is 0.253 e. The number of thioether (sulfide) groups is 2. The molecule has 28 heavy (non-hydrogen) atoms. The van der Waals surface area contributed by atoms with Gasteiger partial charge < -0.3 is 20.6 Å². The molecule has 0 bridgehead atoms. The maximum atomic E-state index is 11.8. The molecule has 0 fully saturated rings. The molecule has 0 aliphatic rings. The van der Waals surface area contributed by atoms with Gasteiger partial charge in [-0.15, -0.1) is 0 Å². The van der Waals surface area contributed by atoms with Crippen LogP contribution in [0.1, 0.15) is 22.8 Å². The van der Waals surface area contributed by atoms with Crippen molar-refractivity contribution in [3.8, 4) is 0 Å². The van der Waals surface area contributed by atoms with Crippen molar-refractivity contribution in [1.29, 1.82) is 0 Å². The molecule has 2 heterocycles. The molecule has 0 aliphatic heterocycles. The molecule has 150 valence electrons. The fourth-order valence-corrected chi connectivity index (χ4v) is 4.38. The Morgan fingerprint density at radius 2 is 1.25 bits per heavy atom. The maximum absolute atomic E-state index is 11.8. The van der Waals surface area contributed by atoms with Gasteiger partial charge in [0, 0.05) is 47.5 Å². The normalized spacial score (nSPS) is 11.2. The molecule has 8 nitrogen and oxygen atoms in total. The van der Waals surface area contributed by atoms with Crippen molar-refractivity contribution in [3.63, 3.8) is 0 Å². The summed E-state index contributed by atoms with van der Waals surface area (Å²) in [4.78, 5) is 38.2. The van der Waals surface area contributed by atoms with Crippen LogP contribution in [-0.2, 0) is 11.5 Å². The summed E-state index contributed by atoms with van der Waals surface area (Å²) in [6, 6.07) is 0. The topological polar surface area (TPSA) is 116 Å². The molecule has 4 N–H and O–H groups in total. The number of aromatic nitrogens is 4. The second-order valence-corrected chi connectivity index (χ2v) is 8.53. The van der Waals surface area contributed by atoms with Crippen LogP contribution >= 0.6 is 23.5 Å². The van der Waals surface area contributed by atoms with Crippen LogP contribution in [0.15, 0.2) is 22.2 Å². The van der Waals surface area contributed by atoms with Crippen LogP contribution in [-0.4, -0.2) is 44.5 Å². The Labute approximate surface area is 171 Å². The van der Waals surface area contributed by atoms with Crippen molar-refractivity contribution in [2.24, 2.45) is 0 Å². The summed E-state index contributed by atoms with van der Waals surface area (Å²) in [6.45, 7) is 5.25. The summed E-state index contributed by atoms with van der Waals surface area (Å²) in [5.41, 5.74) is 4.20. The molecular weight excluding hydrogens is 396 g/mol. The van der Waals surface area contributed by atoms with Crippen LogP contribution in [0.4, 0.5) is 11.4 Å². The molecule has 0 radical (unpaired) electrons. The Hall–Kier alpha value is -2.20. The summed E-state index contributed by atoms with van der Waals surface area (Å²) < 4.78 is 0. The fraction of sp³-hybridized carbons (Fsp3) is 0.444. The van der Waals surface area contributed by atoms with Gasteiger partial charge in [-0.05, 0) is 13.8 Å². The largest absolute Gasteiger partial charge is 0.379 e. The van der Waals surface area contributed by atoms with Crippen LogP contribution in [0.2, 0.25) is 0 Å². The summed E-state index contributed by atoms with van der Waals surface area (Å²) in [6.07, 6.45) is 3.39. The zero-order valence-corrected chi connectivity index (χ0v) is 17.6. The minimum atomic E-state index is -0.435. The summed E-state index contributed by atoms with van der Waals surface area (Å²) in [5, 5.41) is 6.18. The van der Waals surface area contributed by atoms with E-state index in [9.17, 15) is 9.59 Å². The average Bonchev–Trinajstić information content (AvgIpc) is 3.29. The third-order valence-electron chi connectivity index (χ3n) is 4.35. The number of anilines is 2. The highest BCUT2D eigenvalue weighted by Crippen LogP contribution is 2.17. The highest BCUT2D eigenvalue weighted by Gasteiger charge is 2.19. The van der Waals surface area contributed by atoms with Crippen molar-refractivity contribution < 1.29 is 0 Å². The van der Waals surface area contributed by atoms with Crippen molar-refractivity contribution in [2.45, 2.75) is 25.4 Å². The Kier molecular flexibility index (Phi) is 7.21. The fourth-order valence-electron chi connectivity index (χ4n) is 2.63. The zero-order chi connectivity index (χ0) is 19.9. The predicted molar refractivity (Wildman–Crippen MR) is 117 cm³/mol. The number of nitrogens with zero attached hydrogens (tertiary/aromatic N) is 2. The predicted octanol–water partition coefficient (Wildman–Crippen LogP) is 2.04. The van der Waals surface area contributed by atoms with Crippen LogP contribution in [0.25, 0.3) is 0 Å². The van der Waals surface area contributed by atoms with Crippen LogP contribution in [0, 0.1) is 13.8 Å². The van der Waals surface area contributed by atoms with Crippen LogP contribution < -0.4 is 21.5 Å². The third-order valence-corrected chi connectivity index (χ3v) is 6.29. The van der Waals surface area contributed by atoms with Gasteiger partial charge in [0.05, 0.1) is 24.0 Å². The smallest absolute Gasteiger partial charge is 0.253 e. The standard InChI is InChI=1S/C18H24N6O2S2/c1-11-13(23-9-21-11)7-27-5-3-19-15-16(18(26)17(15)25)20-4-6-28-8-14-12(2)22-10-24-14/h9-10,19-20H,3-8H2,1-2H3,(H,21,23)(H,22,24). The van der Waals surface area contributed by atoms with Crippen molar-refractivity contribution in [2.75, 3.05) is 35.2 Å². The second-order valence-electron chi connectivity index (χ2n) is 6.32. The van der Waals surface area contributed by atoms with E-state index < -0.39 is 10.9 Å². The SMILES string of the molecule is Cc1[nH]cnc1CSCCNc1c(NCCSCc2nc[nH]c2C)c(=O)c1=O. The van der Waals surface area contributed by atoms with E-state index in [4.69, 9.17) is 0 Å². The van der Waals surface area contributed by atoms with E-state index in [1.807, 2.05) is 13.8 Å². The minimum Gasteiger partial charge on any atom is -0.379 e. The number of hydrogen-bond acceptors (Lipinski definition) is 8. The van der Waals surface area contributed by atoms with E-state index in [-0.39, 0.29) is 0 Å². The van der Waals surface area contributed by atoms with E-state index >= 15 is 0 Å². The lowest BCUT2D eigenvalue weighted by molar-refractivity contribution is 1.14. The number of rotatable bonds is 12. The Balaban J connectivity index is 1.35. The number of nitrogens with one attached hydrogen (secondary N) is 4. The van der Waals surface area contributed by atoms with E-state index in [1.54, 1.807) is 36.2 Å². The van der Waals surface area contributed by atoms with Gasteiger partial charge in [-0.25, -0.2) is 9.97 Å². The molecule has 3 aromatic rings. The molecule has 0 saturated carbocycles. The average molecular weight is 421 g/mol. The lowest BCUT2D eigenvalue weighted by atomic mass is 10.2. The van der Waals surface area contributed by atoms with E-state index in [0.717, 1.165) is 45.8 Å². The first-order chi connectivity index (χ1) is 13.6. The lowest BCUT2D eigenvalue weighted by Crippen LogP contribution is -2.38. The Morgan fingerprint density at radius 1 is 0.821 bits per heavy atom. The van der Waals surface area contributed by atoms with Crippen molar-refractivity contribution in [3.05, 3.63) is 55.9 Å². The highest BCUT2D eigenvalue weighted by atomic mass is 32.2. The van der Waals surface area contributed by atoms with Gasteiger partial charge in [0.15, 0.2) is 0 Å². The molecule has 2 aromatic heterocycles. The molecule has 0 spiro atoms. The monoisotopic (exact) mass is 420 g/mol. The Morgan fingerprint density at radius 3 is 1.61 bits per heavy atom. The van der Waals surface area contributed by atoms with Gasteiger partial charge in [-0.2, -0.15) is 23.5 Å². The number of aryl methyl sites for hydroxylation is 2. The lowest BCUT2D eigenvalue weighted by Gasteiger charge is -2.14. The van der Waals surface area contributed by atoms with E-state index in [0.29, 0.717) is 24.5 Å². The minimum absolute atomic E-state index is 0.412. The van der Waals surface area contributed by atoms with Gasteiger partial charge in [0.2, 0.25) is 0 Å². The highest BCUT2D eigenvalue weighted by molar-refractivity contribution is 7.98.